The van der Waals surface area contributed by atoms with Gasteiger partial charge in [0.15, 0.2) is 5.76 Å². The summed E-state index contributed by atoms with van der Waals surface area (Å²) in [6, 6.07) is 2.97. The lowest BCUT2D eigenvalue weighted by molar-refractivity contribution is -0.139. The quantitative estimate of drug-likeness (QED) is 0.886. The number of ether oxygens (including phenoxy) is 1. The predicted octanol–water partition coefficient (Wildman–Crippen LogP) is 1.46. The topological polar surface area (TPSA) is 80.0 Å². The molecule has 0 bridgehead atoms. The van der Waals surface area contributed by atoms with Crippen molar-refractivity contribution in [1.29, 1.82) is 0 Å². The number of thioether (sulfide) groups is 1. The number of aliphatic carboxylic acids is 1. The van der Waals surface area contributed by atoms with E-state index in [4.69, 9.17) is 14.3 Å². The lowest BCUT2D eigenvalue weighted by Gasteiger charge is -2.34. The summed E-state index contributed by atoms with van der Waals surface area (Å²) in [6.45, 7) is 1.05. The van der Waals surface area contributed by atoms with E-state index in [1.54, 1.807) is 23.9 Å². The Morgan fingerprint density at radius 3 is 3.00 bits per heavy atom. The minimum absolute atomic E-state index is 0.121. The van der Waals surface area contributed by atoms with Gasteiger partial charge in [0.05, 0.1) is 31.4 Å². The molecule has 1 amide bonds. The Labute approximate surface area is 121 Å². The molecule has 0 spiro atoms. The fraction of sp³-hybridized carbons (Fsp3) is 0.538. The normalized spacial score (nSPS) is 19.1. The zero-order valence-electron chi connectivity index (χ0n) is 11.2. The molecule has 1 aromatic heterocycles. The van der Waals surface area contributed by atoms with Crippen LogP contribution in [-0.2, 0) is 15.3 Å². The number of amides is 1. The molecule has 7 heteroatoms. The number of nitrogens with zero attached hydrogens (tertiary/aromatic N) is 1. The van der Waals surface area contributed by atoms with Crippen molar-refractivity contribution in [3.63, 3.8) is 0 Å². The summed E-state index contributed by atoms with van der Waals surface area (Å²) < 4.78 is 10.7. The molecule has 2 rings (SSSR count). The van der Waals surface area contributed by atoms with Gasteiger partial charge in [0, 0.05) is 6.54 Å². The van der Waals surface area contributed by atoms with Crippen LogP contribution in [0.2, 0.25) is 0 Å². The van der Waals surface area contributed by atoms with Gasteiger partial charge in [0.1, 0.15) is 5.76 Å². The molecule has 6 nitrogen and oxygen atoms in total. The van der Waals surface area contributed by atoms with Crippen LogP contribution in [0.15, 0.2) is 16.5 Å². The van der Waals surface area contributed by atoms with E-state index < -0.39 is 12.0 Å². The smallest absolute Gasteiger partial charge is 0.305 e. The van der Waals surface area contributed by atoms with E-state index >= 15 is 0 Å². The molecular formula is C13H17NO5S. The highest BCUT2D eigenvalue weighted by Gasteiger charge is 2.31. The number of carboxylic acids is 1. The molecule has 1 saturated heterocycles. The summed E-state index contributed by atoms with van der Waals surface area (Å²) in [7, 11) is 0. The second-order valence-corrected chi connectivity index (χ2v) is 5.39. The average molecular weight is 299 g/mol. The van der Waals surface area contributed by atoms with Gasteiger partial charge in [-0.05, 0) is 18.4 Å². The SMILES string of the molecule is CSCc1ccc(C(=O)N2CCOCC2CC(=O)O)o1. The Balaban J connectivity index is 2.09. The van der Waals surface area contributed by atoms with Crippen LogP contribution in [0.3, 0.4) is 0 Å². The Morgan fingerprint density at radius 1 is 1.50 bits per heavy atom. The number of hydrogen-bond donors (Lipinski definition) is 1. The lowest BCUT2D eigenvalue weighted by Crippen LogP contribution is -2.49. The Hall–Kier alpha value is -1.47. The first-order valence-corrected chi connectivity index (χ1v) is 7.69. The summed E-state index contributed by atoms with van der Waals surface area (Å²) in [5, 5.41) is 8.89. The number of carbonyl (C=O) groups excluding carboxylic acids is 1. The Morgan fingerprint density at radius 2 is 2.30 bits per heavy atom. The van der Waals surface area contributed by atoms with Gasteiger partial charge in [0.25, 0.3) is 5.91 Å². The number of carbonyl (C=O) groups is 2. The minimum Gasteiger partial charge on any atom is -0.481 e. The molecule has 20 heavy (non-hydrogen) atoms. The van der Waals surface area contributed by atoms with Gasteiger partial charge in [-0.15, -0.1) is 0 Å². The Kier molecular flexibility index (Phi) is 5.08. The third-order valence-corrected chi connectivity index (χ3v) is 3.63. The Bertz CT molecular complexity index is 487. The third-order valence-electron chi connectivity index (χ3n) is 3.06. The zero-order valence-corrected chi connectivity index (χ0v) is 12.0. The molecule has 110 valence electrons. The highest BCUT2D eigenvalue weighted by Crippen LogP contribution is 2.19. The molecule has 0 aliphatic carbocycles. The van der Waals surface area contributed by atoms with E-state index in [0.717, 1.165) is 5.76 Å². The number of rotatable bonds is 5. The molecular weight excluding hydrogens is 282 g/mol. The van der Waals surface area contributed by atoms with Gasteiger partial charge >= 0.3 is 5.97 Å². The highest BCUT2D eigenvalue weighted by molar-refractivity contribution is 7.97. The van der Waals surface area contributed by atoms with Crippen molar-refractivity contribution < 1.29 is 23.8 Å². The molecule has 1 aliphatic rings. The van der Waals surface area contributed by atoms with Crippen LogP contribution in [-0.4, -0.2) is 53.9 Å². The van der Waals surface area contributed by atoms with Crippen molar-refractivity contribution in [2.75, 3.05) is 26.0 Å². The van der Waals surface area contributed by atoms with Crippen molar-refractivity contribution in [3.05, 3.63) is 23.7 Å². The van der Waals surface area contributed by atoms with Crippen molar-refractivity contribution in [3.8, 4) is 0 Å². The van der Waals surface area contributed by atoms with Crippen LogP contribution in [0.25, 0.3) is 0 Å². The third kappa shape index (κ3) is 3.55. The van der Waals surface area contributed by atoms with E-state index in [1.807, 2.05) is 6.26 Å². The second kappa shape index (κ2) is 6.81. The molecule has 0 radical (unpaired) electrons. The van der Waals surface area contributed by atoms with E-state index in [0.29, 0.717) is 18.9 Å². The molecule has 2 heterocycles. The van der Waals surface area contributed by atoms with Crippen molar-refractivity contribution in [2.45, 2.75) is 18.2 Å². The van der Waals surface area contributed by atoms with Gasteiger partial charge in [0.2, 0.25) is 0 Å². The van der Waals surface area contributed by atoms with Crippen molar-refractivity contribution in [2.24, 2.45) is 0 Å². The molecule has 1 fully saturated rings. The van der Waals surface area contributed by atoms with Crippen LogP contribution in [0.1, 0.15) is 22.7 Å². The number of carboxylic acid groups (broad SMARTS) is 1. The number of furan rings is 1. The fourth-order valence-corrected chi connectivity index (χ4v) is 2.59. The molecule has 1 atom stereocenters. The molecule has 1 aliphatic heterocycles. The van der Waals surface area contributed by atoms with Crippen molar-refractivity contribution >= 4 is 23.6 Å². The largest absolute Gasteiger partial charge is 0.481 e. The zero-order chi connectivity index (χ0) is 14.5. The van der Waals surface area contributed by atoms with E-state index in [2.05, 4.69) is 0 Å². The van der Waals surface area contributed by atoms with Crippen molar-refractivity contribution in [1.82, 2.24) is 4.90 Å². The van der Waals surface area contributed by atoms with Gasteiger partial charge in [-0.3, -0.25) is 9.59 Å². The average Bonchev–Trinajstić information content (AvgIpc) is 2.87. The van der Waals surface area contributed by atoms with E-state index in [9.17, 15) is 9.59 Å². The maximum atomic E-state index is 12.4. The standard InChI is InChI=1S/C13H17NO5S/c1-20-8-10-2-3-11(19-10)13(17)14-4-5-18-7-9(14)6-12(15)16/h2-3,9H,4-8H2,1H3,(H,15,16). The van der Waals surface area contributed by atoms with Crippen LogP contribution in [0.5, 0.6) is 0 Å². The van der Waals surface area contributed by atoms with Gasteiger partial charge in [-0.2, -0.15) is 11.8 Å². The number of morpholine rings is 1. The van der Waals surface area contributed by atoms with E-state index in [-0.39, 0.29) is 24.7 Å². The van der Waals surface area contributed by atoms with E-state index in [1.165, 1.54) is 4.90 Å². The van der Waals surface area contributed by atoms with Gasteiger partial charge < -0.3 is 19.2 Å². The lowest BCUT2D eigenvalue weighted by atomic mass is 10.1. The summed E-state index contributed by atoms with van der Waals surface area (Å²) in [6.07, 6.45) is 1.83. The number of hydrogen-bond acceptors (Lipinski definition) is 5. The highest BCUT2D eigenvalue weighted by atomic mass is 32.2. The summed E-state index contributed by atoms with van der Waals surface area (Å²) in [5.74, 6) is 0.484. The fourth-order valence-electron chi connectivity index (χ4n) is 2.15. The van der Waals surface area contributed by atoms with Gasteiger partial charge in [-0.1, -0.05) is 0 Å². The van der Waals surface area contributed by atoms with Crippen LogP contribution >= 0.6 is 11.8 Å². The first kappa shape index (κ1) is 14.9. The van der Waals surface area contributed by atoms with Gasteiger partial charge in [-0.25, -0.2) is 0 Å². The molecule has 0 saturated carbocycles. The first-order valence-electron chi connectivity index (χ1n) is 6.30. The molecule has 0 aromatic carbocycles. The maximum absolute atomic E-state index is 12.4. The maximum Gasteiger partial charge on any atom is 0.305 e. The first-order chi connectivity index (χ1) is 9.61. The second-order valence-electron chi connectivity index (χ2n) is 4.52. The minimum atomic E-state index is -0.944. The van der Waals surface area contributed by atoms with Crippen LogP contribution < -0.4 is 0 Å². The predicted molar refractivity (Wildman–Crippen MR) is 73.8 cm³/mol. The summed E-state index contributed by atoms with van der Waals surface area (Å²) in [5.41, 5.74) is 0. The summed E-state index contributed by atoms with van der Waals surface area (Å²) >= 11 is 1.61. The van der Waals surface area contributed by atoms with Crippen LogP contribution in [0, 0.1) is 0 Å². The molecule has 1 aromatic rings. The van der Waals surface area contributed by atoms with Crippen LogP contribution in [0.4, 0.5) is 0 Å². The molecule has 1 unspecified atom stereocenters. The molecule has 1 N–H and O–H groups in total. The summed E-state index contributed by atoms with van der Waals surface area (Å²) in [4.78, 5) is 24.8. The monoisotopic (exact) mass is 299 g/mol.